The Morgan fingerprint density at radius 1 is 1.44 bits per heavy atom. The highest BCUT2D eigenvalue weighted by molar-refractivity contribution is 5.82. The van der Waals surface area contributed by atoms with Crippen molar-refractivity contribution in [2.45, 2.75) is 25.0 Å². The van der Waals surface area contributed by atoms with Gasteiger partial charge in [0.1, 0.15) is 0 Å². The third-order valence-electron chi connectivity index (χ3n) is 3.22. The first-order valence-corrected chi connectivity index (χ1v) is 6.40. The van der Waals surface area contributed by atoms with Gasteiger partial charge in [-0.1, -0.05) is 30.3 Å². The topological polar surface area (TPSA) is 50.4 Å². The summed E-state index contributed by atoms with van der Waals surface area (Å²) in [5.74, 6) is -0.0580. The molecule has 4 nitrogen and oxygen atoms in total. The molecule has 1 heterocycles. The molecule has 1 aromatic carbocycles. The molecule has 1 amide bonds. The van der Waals surface area contributed by atoms with Crippen LogP contribution in [0.4, 0.5) is 0 Å². The number of methoxy groups -OCH3 is 1. The van der Waals surface area contributed by atoms with Gasteiger partial charge in [-0.05, 0) is 24.9 Å². The quantitative estimate of drug-likeness (QED) is 0.843. The first kappa shape index (κ1) is 13.1. The number of piperidine rings is 1. The maximum absolute atomic E-state index is 12.2. The van der Waals surface area contributed by atoms with E-state index < -0.39 is 6.10 Å². The zero-order chi connectivity index (χ0) is 12.8. The second-order valence-corrected chi connectivity index (χ2v) is 4.58. The summed E-state index contributed by atoms with van der Waals surface area (Å²) in [7, 11) is 1.57. The molecule has 2 N–H and O–H groups in total. The molecular weight excluding hydrogens is 228 g/mol. The van der Waals surface area contributed by atoms with Crippen LogP contribution in [0.3, 0.4) is 0 Å². The number of rotatable bonds is 4. The fraction of sp³-hybridized carbons (Fsp3) is 0.500. The SMILES string of the molecule is COC(C(=O)NC1CCCNC1)c1ccccc1. The monoisotopic (exact) mass is 248 g/mol. The average molecular weight is 248 g/mol. The minimum Gasteiger partial charge on any atom is -0.367 e. The Kier molecular flexibility index (Phi) is 4.73. The van der Waals surface area contributed by atoms with Crippen molar-refractivity contribution in [3.05, 3.63) is 35.9 Å². The second-order valence-electron chi connectivity index (χ2n) is 4.58. The molecule has 18 heavy (non-hydrogen) atoms. The Balaban J connectivity index is 1.97. The number of ether oxygens (including phenoxy) is 1. The molecule has 0 saturated carbocycles. The lowest BCUT2D eigenvalue weighted by Gasteiger charge is -2.26. The first-order chi connectivity index (χ1) is 8.81. The third-order valence-corrected chi connectivity index (χ3v) is 3.22. The number of nitrogens with one attached hydrogen (secondary N) is 2. The summed E-state index contributed by atoms with van der Waals surface area (Å²) in [6.45, 7) is 1.88. The van der Waals surface area contributed by atoms with E-state index in [1.54, 1.807) is 7.11 Å². The number of amides is 1. The smallest absolute Gasteiger partial charge is 0.254 e. The molecule has 1 aliphatic rings. The summed E-state index contributed by atoms with van der Waals surface area (Å²) < 4.78 is 5.31. The molecule has 1 aliphatic heterocycles. The summed E-state index contributed by atoms with van der Waals surface area (Å²) in [6, 6.07) is 9.79. The zero-order valence-corrected chi connectivity index (χ0v) is 10.7. The fourth-order valence-corrected chi connectivity index (χ4v) is 2.27. The van der Waals surface area contributed by atoms with Crippen LogP contribution in [0.5, 0.6) is 0 Å². The minimum atomic E-state index is -0.520. The lowest BCUT2D eigenvalue weighted by atomic mass is 10.1. The molecule has 0 bridgehead atoms. The number of benzene rings is 1. The Bertz CT molecular complexity index is 375. The minimum absolute atomic E-state index is 0.0580. The third kappa shape index (κ3) is 3.31. The Morgan fingerprint density at radius 3 is 2.83 bits per heavy atom. The predicted octanol–water partition coefficient (Wildman–Crippen LogP) is 1.24. The Hall–Kier alpha value is -1.39. The van der Waals surface area contributed by atoms with Gasteiger partial charge in [-0.2, -0.15) is 0 Å². The van der Waals surface area contributed by atoms with E-state index >= 15 is 0 Å². The van der Waals surface area contributed by atoms with Gasteiger partial charge in [0.05, 0.1) is 0 Å². The Morgan fingerprint density at radius 2 is 2.22 bits per heavy atom. The van der Waals surface area contributed by atoms with E-state index in [1.165, 1.54) is 0 Å². The van der Waals surface area contributed by atoms with E-state index in [4.69, 9.17) is 4.74 Å². The lowest BCUT2D eigenvalue weighted by molar-refractivity contribution is -0.132. The van der Waals surface area contributed by atoms with Crippen LogP contribution in [0.2, 0.25) is 0 Å². The van der Waals surface area contributed by atoms with Gasteiger partial charge in [-0.15, -0.1) is 0 Å². The molecule has 0 aromatic heterocycles. The summed E-state index contributed by atoms with van der Waals surface area (Å²) in [5.41, 5.74) is 0.890. The average Bonchev–Trinajstić information content (AvgIpc) is 2.42. The molecule has 1 fully saturated rings. The lowest BCUT2D eigenvalue weighted by Crippen LogP contribution is -2.47. The van der Waals surface area contributed by atoms with E-state index in [0.717, 1.165) is 31.5 Å². The normalized spacial score (nSPS) is 21.3. The van der Waals surface area contributed by atoms with Gasteiger partial charge in [0.15, 0.2) is 6.10 Å². The standard InChI is InChI=1S/C14H20N2O2/c1-18-13(11-6-3-2-4-7-11)14(17)16-12-8-5-9-15-10-12/h2-4,6-7,12-13,15H,5,8-10H2,1H3,(H,16,17). The van der Waals surface area contributed by atoms with Crippen LogP contribution in [0.15, 0.2) is 30.3 Å². The highest BCUT2D eigenvalue weighted by atomic mass is 16.5. The summed E-state index contributed by atoms with van der Waals surface area (Å²) in [6.07, 6.45) is 1.62. The molecule has 98 valence electrons. The van der Waals surface area contributed by atoms with E-state index in [-0.39, 0.29) is 11.9 Å². The van der Waals surface area contributed by atoms with Crippen LogP contribution in [0, 0.1) is 0 Å². The zero-order valence-electron chi connectivity index (χ0n) is 10.7. The van der Waals surface area contributed by atoms with Gasteiger partial charge in [-0.3, -0.25) is 4.79 Å². The van der Waals surface area contributed by atoms with Crippen molar-refractivity contribution in [3.63, 3.8) is 0 Å². The van der Waals surface area contributed by atoms with Gasteiger partial charge in [0.25, 0.3) is 5.91 Å². The van der Waals surface area contributed by atoms with E-state index in [9.17, 15) is 4.79 Å². The second kappa shape index (κ2) is 6.52. The molecule has 4 heteroatoms. The van der Waals surface area contributed by atoms with Gasteiger partial charge < -0.3 is 15.4 Å². The van der Waals surface area contributed by atoms with Gasteiger partial charge >= 0.3 is 0 Å². The van der Waals surface area contributed by atoms with Crippen molar-refractivity contribution in [1.29, 1.82) is 0 Å². The van der Waals surface area contributed by atoms with E-state index in [0.29, 0.717) is 0 Å². The molecule has 2 atom stereocenters. The molecule has 0 radical (unpaired) electrons. The highest BCUT2D eigenvalue weighted by Gasteiger charge is 2.23. The summed E-state index contributed by atoms with van der Waals surface area (Å²) >= 11 is 0. The number of carbonyl (C=O) groups excluding carboxylic acids is 1. The highest BCUT2D eigenvalue weighted by Crippen LogP contribution is 2.16. The van der Waals surface area contributed by atoms with E-state index in [1.807, 2.05) is 30.3 Å². The van der Waals surface area contributed by atoms with Crippen LogP contribution in [0.1, 0.15) is 24.5 Å². The van der Waals surface area contributed by atoms with Crippen LogP contribution < -0.4 is 10.6 Å². The molecule has 2 rings (SSSR count). The van der Waals surface area contributed by atoms with Gasteiger partial charge in [0.2, 0.25) is 0 Å². The molecule has 0 spiro atoms. The Labute approximate surface area is 108 Å². The molecule has 0 aliphatic carbocycles. The van der Waals surface area contributed by atoms with Crippen molar-refractivity contribution >= 4 is 5.91 Å². The number of carbonyl (C=O) groups is 1. The van der Waals surface area contributed by atoms with Crippen LogP contribution in [0.25, 0.3) is 0 Å². The van der Waals surface area contributed by atoms with E-state index in [2.05, 4.69) is 10.6 Å². The fourth-order valence-electron chi connectivity index (χ4n) is 2.27. The molecular formula is C14H20N2O2. The maximum atomic E-state index is 12.2. The predicted molar refractivity (Wildman–Crippen MR) is 70.2 cm³/mol. The van der Waals surface area contributed by atoms with Crippen molar-refractivity contribution < 1.29 is 9.53 Å². The van der Waals surface area contributed by atoms with Crippen LogP contribution >= 0.6 is 0 Å². The number of hydrogen-bond donors (Lipinski definition) is 2. The molecule has 1 aromatic rings. The maximum Gasteiger partial charge on any atom is 0.254 e. The van der Waals surface area contributed by atoms with Crippen molar-refractivity contribution in [3.8, 4) is 0 Å². The van der Waals surface area contributed by atoms with Crippen molar-refractivity contribution in [2.75, 3.05) is 20.2 Å². The van der Waals surface area contributed by atoms with Gasteiger partial charge in [-0.25, -0.2) is 0 Å². The number of hydrogen-bond acceptors (Lipinski definition) is 3. The van der Waals surface area contributed by atoms with Crippen LogP contribution in [-0.2, 0) is 9.53 Å². The van der Waals surface area contributed by atoms with Crippen molar-refractivity contribution in [2.24, 2.45) is 0 Å². The molecule has 1 saturated heterocycles. The molecule has 2 unspecified atom stereocenters. The van der Waals surface area contributed by atoms with Gasteiger partial charge in [0, 0.05) is 19.7 Å². The largest absolute Gasteiger partial charge is 0.367 e. The van der Waals surface area contributed by atoms with Crippen LogP contribution in [-0.4, -0.2) is 32.1 Å². The first-order valence-electron chi connectivity index (χ1n) is 6.40. The summed E-state index contributed by atoms with van der Waals surface area (Å²) in [5, 5.41) is 6.32. The van der Waals surface area contributed by atoms with Crippen molar-refractivity contribution in [1.82, 2.24) is 10.6 Å². The summed E-state index contributed by atoms with van der Waals surface area (Å²) in [4.78, 5) is 12.2.